The summed E-state index contributed by atoms with van der Waals surface area (Å²) in [6.07, 6.45) is 9.30. The maximum Gasteiger partial charge on any atom is 0.237 e. The molecule has 7 heteroatoms. The van der Waals surface area contributed by atoms with Gasteiger partial charge in [-0.15, -0.1) is 0 Å². The predicted octanol–water partition coefficient (Wildman–Crippen LogP) is 4.21. The lowest BCUT2D eigenvalue weighted by molar-refractivity contribution is -0.134. The molecule has 1 atom stereocenters. The minimum Gasteiger partial charge on any atom is -0.381 e. The zero-order chi connectivity index (χ0) is 22.6. The summed E-state index contributed by atoms with van der Waals surface area (Å²) in [5, 5.41) is 0.752. The number of halogens is 1. The Morgan fingerprint density at radius 1 is 1.09 bits per heavy atom. The maximum atomic E-state index is 13.3. The average Bonchev–Trinajstić information content (AvgIpc) is 2.85. The zero-order valence-electron chi connectivity index (χ0n) is 19.2. The average molecular weight is 469 g/mol. The van der Waals surface area contributed by atoms with E-state index in [2.05, 4.69) is 22.0 Å². The van der Waals surface area contributed by atoms with Crippen molar-refractivity contribution in [3.05, 3.63) is 58.1 Å². The van der Waals surface area contributed by atoms with E-state index in [0.717, 1.165) is 81.4 Å². The van der Waals surface area contributed by atoms with E-state index in [-0.39, 0.29) is 11.9 Å². The third-order valence-electron chi connectivity index (χ3n) is 7.37. The minimum atomic E-state index is 0.200. The number of amides is 1. The molecule has 0 aliphatic carbocycles. The standard InChI is InChI=1S/C26H33ClN4O2/c27-22-6-4-20(5-7-22)24-3-1-2-11-30(24)18-26(32)31-12-8-21-16-28-25(29-23(21)17-31)15-19-9-13-33-14-10-19/h4-7,16,19,24H,1-3,8-15,17-18H2/t24-/m1/s1. The monoisotopic (exact) mass is 468 g/mol. The number of benzene rings is 1. The van der Waals surface area contributed by atoms with Crippen molar-refractivity contribution in [2.45, 2.75) is 57.5 Å². The van der Waals surface area contributed by atoms with Crippen LogP contribution in [0.5, 0.6) is 0 Å². The molecule has 2 saturated heterocycles. The molecule has 4 heterocycles. The van der Waals surface area contributed by atoms with Gasteiger partial charge in [0.05, 0.1) is 18.8 Å². The molecule has 5 rings (SSSR count). The van der Waals surface area contributed by atoms with Crippen LogP contribution in [0.15, 0.2) is 30.5 Å². The largest absolute Gasteiger partial charge is 0.381 e. The second kappa shape index (κ2) is 10.5. The van der Waals surface area contributed by atoms with E-state index in [9.17, 15) is 4.79 Å². The summed E-state index contributed by atoms with van der Waals surface area (Å²) in [5.74, 6) is 1.71. The molecule has 0 saturated carbocycles. The van der Waals surface area contributed by atoms with Crippen LogP contribution in [0, 0.1) is 5.92 Å². The van der Waals surface area contributed by atoms with Crippen LogP contribution in [0.3, 0.4) is 0 Å². The highest BCUT2D eigenvalue weighted by atomic mass is 35.5. The van der Waals surface area contributed by atoms with Gasteiger partial charge in [-0.1, -0.05) is 30.2 Å². The molecule has 6 nitrogen and oxygen atoms in total. The molecule has 176 valence electrons. The highest BCUT2D eigenvalue weighted by Gasteiger charge is 2.29. The first kappa shape index (κ1) is 22.8. The van der Waals surface area contributed by atoms with Gasteiger partial charge in [0, 0.05) is 43.4 Å². The van der Waals surface area contributed by atoms with Gasteiger partial charge in [0.2, 0.25) is 5.91 Å². The van der Waals surface area contributed by atoms with Crippen molar-refractivity contribution in [3.63, 3.8) is 0 Å². The number of hydrogen-bond acceptors (Lipinski definition) is 5. The Kier molecular flexibility index (Phi) is 7.24. The van der Waals surface area contributed by atoms with Gasteiger partial charge in [0.15, 0.2) is 0 Å². The van der Waals surface area contributed by atoms with Crippen LogP contribution in [0.25, 0.3) is 0 Å². The van der Waals surface area contributed by atoms with Crippen molar-refractivity contribution in [1.29, 1.82) is 0 Å². The number of ether oxygens (including phenoxy) is 1. The van der Waals surface area contributed by atoms with Crippen LogP contribution >= 0.6 is 11.6 Å². The summed E-state index contributed by atoms with van der Waals surface area (Å²) in [6.45, 7) is 4.44. The van der Waals surface area contributed by atoms with Crippen LogP contribution in [0.2, 0.25) is 5.02 Å². The van der Waals surface area contributed by atoms with Crippen molar-refractivity contribution in [2.75, 3.05) is 32.8 Å². The van der Waals surface area contributed by atoms with Gasteiger partial charge in [-0.3, -0.25) is 9.69 Å². The van der Waals surface area contributed by atoms with Crippen molar-refractivity contribution in [3.8, 4) is 0 Å². The summed E-state index contributed by atoms with van der Waals surface area (Å²) in [5.41, 5.74) is 3.47. The van der Waals surface area contributed by atoms with Gasteiger partial charge in [0.1, 0.15) is 5.82 Å². The fourth-order valence-corrected chi connectivity index (χ4v) is 5.51. The smallest absolute Gasteiger partial charge is 0.237 e. The first-order valence-corrected chi connectivity index (χ1v) is 12.7. The summed E-state index contributed by atoms with van der Waals surface area (Å²) in [7, 11) is 0. The second-order valence-corrected chi connectivity index (χ2v) is 10.1. The lowest BCUT2D eigenvalue weighted by Gasteiger charge is -2.37. The molecule has 1 aromatic heterocycles. The molecular weight excluding hydrogens is 436 g/mol. The summed E-state index contributed by atoms with van der Waals surface area (Å²) in [6, 6.07) is 8.38. The summed E-state index contributed by atoms with van der Waals surface area (Å²) < 4.78 is 5.48. The van der Waals surface area contributed by atoms with E-state index in [0.29, 0.717) is 19.0 Å². The molecule has 1 aromatic carbocycles. The first-order chi connectivity index (χ1) is 16.2. The molecule has 0 unspecified atom stereocenters. The summed E-state index contributed by atoms with van der Waals surface area (Å²) >= 11 is 6.09. The second-order valence-electron chi connectivity index (χ2n) is 9.62. The van der Waals surface area contributed by atoms with Crippen LogP contribution in [0.1, 0.15) is 60.8 Å². The van der Waals surface area contributed by atoms with Crippen LogP contribution in [0.4, 0.5) is 0 Å². The van der Waals surface area contributed by atoms with Gasteiger partial charge in [0.25, 0.3) is 0 Å². The van der Waals surface area contributed by atoms with Crippen molar-refractivity contribution < 1.29 is 9.53 Å². The molecule has 0 radical (unpaired) electrons. The Hall–Kier alpha value is -2.02. The number of aromatic nitrogens is 2. The lowest BCUT2D eigenvalue weighted by Crippen LogP contribution is -2.45. The van der Waals surface area contributed by atoms with E-state index in [1.54, 1.807) is 0 Å². The van der Waals surface area contributed by atoms with Crippen LogP contribution in [-0.2, 0) is 28.9 Å². The maximum absolute atomic E-state index is 13.3. The number of hydrogen-bond donors (Lipinski definition) is 0. The molecule has 3 aliphatic rings. The molecule has 1 amide bonds. The lowest BCUT2D eigenvalue weighted by atomic mass is 9.95. The normalized spacial score (nSPS) is 22.2. The van der Waals surface area contributed by atoms with Gasteiger partial charge < -0.3 is 9.64 Å². The van der Waals surface area contributed by atoms with Gasteiger partial charge in [-0.05, 0) is 67.8 Å². The number of likely N-dealkylation sites (tertiary alicyclic amines) is 1. The molecular formula is C26H33ClN4O2. The van der Waals surface area contributed by atoms with Gasteiger partial charge in [-0.2, -0.15) is 0 Å². The fourth-order valence-electron chi connectivity index (χ4n) is 5.38. The first-order valence-electron chi connectivity index (χ1n) is 12.3. The molecule has 33 heavy (non-hydrogen) atoms. The molecule has 3 aliphatic heterocycles. The Morgan fingerprint density at radius 2 is 1.91 bits per heavy atom. The zero-order valence-corrected chi connectivity index (χ0v) is 20.0. The number of carbonyl (C=O) groups excluding carboxylic acids is 1. The molecule has 2 aromatic rings. The van der Waals surface area contributed by atoms with Crippen molar-refractivity contribution >= 4 is 17.5 Å². The van der Waals surface area contributed by atoms with E-state index < -0.39 is 0 Å². The SMILES string of the molecule is O=C(CN1CCCC[C@@H]1c1ccc(Cl)cc1)N1CCc2cnc(CC3CCOCC3)nc2C1. The highest BCUT2D eigenvalue weighted by molar-refractivity contribution is 6.30. The third kappa shape index (κ3) is 5.56. The van der Waals surface area contributed by atoms with Gasteiger partial charge in [-0.25, -0.2) is 9.97 Å². The quantitative estimate of drug-likeness (QED) is 0.657. The molecule has 0 bridgehead atoms. The van der Waals surface area contributed by atoms with Crippen LogP contribution < -0.4 is 0 Å². The number of rotatable bonds is 5. The van der Waals surface area contributed by atoms with Crippen molar-refractivity contribution in [1.82, 2.24) is 19.8 Å². The highest BCUT2D eigenvalue weighted by Crippen LogP contribution is 2.31. The van der Waals surface area contributed by atoms with E-state index in [1.807, 2.05) is 23.2 Å². The Balaban J connectivity index is 1.23. The number of fused-ring (bicyclic) bond motifs is 1. The number of carbonyl (C=O) groups is 1. The van der Waals surface area contributed by atoms with Gasteiger partial charge >= 0.3 is 0 Å². The van der Waals surface area contributed by atoms with E-state index in [4.69, 9.17) is 21.3 Å². The Bertz CT molecular complexity index is 961. The third-order valence-corrected chi connectivity index (χ3v) is 7.62. The summed E-state index contributed by atoms with van der Waals surface area (Å²) in [4.78, 5) is 27.2. The fraction of sp³-hybridized carbons (Fsp3) is 0.577. The van der Waals surface area contributed by atoms with Crippen LogP contribution in [-0.4, -0.2) is 58.5 Å². The molecule has 2 fully saturated rings. The predicted molar refractivity (Wildman–Crippen MR) is 128 cm³/mol. The van der Waals surface area contributed by atoms with Crippen molar-refractivity contribution in [2.24, 2.45) is 5.92 Å². The van der Waals surface area contributed by atoms with E-state index >= 15 is 0 Å². The number of piperidine rings is 1. The molecule has 0 N–H and O–H groups in total. The molecule has 0 spiro atoms. The number of nitrogens with zero attached hydrogens (tertiary/aromatic N) is 4. The van der Waals surface area contributed by atoms with E-state index in [1.165, 1.54) is 17.5 Å². The topological polar surface area (TPSA) is 58.6 Å². The Labute approximate surface area is 201 Å². The Morgan fingerprint density at radius 3 is 2.73 bits per heavy atom. The minimum absolute atomic E-state index is 0.200.